The van der Waals surface area contributed by atoms with Crippen molar-refractivity contribution in [3.63, 3.8) is 0 Å². The summed E-state index contributed by atoms with van der Waals surface area (Å²) < 4.78 is 30.4. The number of pyridine rings is 1. The van der Waals surface area contributed by atoms with Crippen molar-refractivity contribution < 1.29 is 22.7 Å². The number of amides is 1. The minimum absolute atomic E-state index is 0.00125. The number of carbonyl (C=O) groups is 2. The highest BCUT2D eigenvalue weighted by atomic mass is 32.2. The quantitative estimate of drug-likeness (QED) is 0.641. The van der Waals surface area contributed by atoms with Crippen LogP contribution in [-0.4, -0.2) is 61.5 Å². The summed E-state index contributed by atoms with van der Waals surface area (Å²) in [4.78, 5) is 39.2. The molecular formula is C22H25N3O6S. The molecule has 1 aliphatic carbocycles. The molecule has 0 bridgehead atoms. The number of aromatic nitrogens is 1. The molecule has 1 aromatic rings. The number of aryl methyl sites for hydroxylation is 1. The van der Waals surface area contributed by atoms with Gasteiger partial charge in [0.1, 0.15) is 0 Å². The molecule has 0 saturated carbocycles. The van der Waals surface area contributed by atoms with Crippen LogP contribution in [0.15, 0.2) is 40.5 Å². The zero-order valence-electron chi connectivity index (χ0n) is 18.2. The van der Waals surface area contributed by atoms with Gasteiger partial charge in [0.15, 0.2) is 9.84 Å². The van der Waals surface area contributed by atoms with Gasteiger partial charge in [-0.1, -0.05) is 0 Å². The van der Waals surface area contributed by atoms with Gasteiger partial charge in [0.25, 0.3) is 5.56 Å². The van der Waals surface area contributed by atoms with Crippen molar-refractivity contribution in [2.24, 2.45) is 7.05 Å². The minimum Gasteiger partial charge on any atom is -0.469 e. The number of hydrogen-bond donors (Lipinski definition) is 1. The maximum absolute atomic E-state index is 13.2. The number of methoxy groups -OCH3 is 1. The molecule has 3 heterocycles. The zero-order chi connectivity index (χ0) is 23.2. The lowest BCUT2D eigenvalue weighted by molar-refractivity contribution is -0.143. The van der Waals surface area contributed by atoms with E-state index in [1.165, 1.54) is 11.7 Å². The summed E-state index contributed by atoms with van der Waals surface area (Å²) >= 11 is 0. The summed E-state index contributed by atoms with van der Waals surface area (Å²) in [7, 11) is -0.460. The molecule has 0 radical (unpaired) electrons. The van der Waals surface area contributed by atoms with Gasteiger partial charge >= 0.3 is 5.97 Å². The van der Waals surface area contributed by atoms with Crippen molar-refractivity contribution in [2.75, 3.05) is 25.7 Å². The van der Waals surface area contributed by atoms with Crippen LogP contribution in [0.25, 0.3) is 11.3 Å². The van der Waals surface area contributed by atoms with Crippen molar-refractivity contribution in [1.29, 1.82) is 0 Å². The van der Waals surface area contributed by atoms with Crippen LogP contribution in [0.3, 0.4) is 0 Å². The first-order valence-corrected chi connectivity index (χ1v) is 12.3. The summed E-state index contributed by atoms with van der Waals surface area (Å²) in [5, 5.41) is 3.32. The topological polar surface area (TPSA) is 115 Å². The molecule has 1 atom stereocenters. The Morgan fingerprint density at radius 2 is 2.03 bits per heavy atom. The number of allylic oxidation sites excluding steroid dienone is 1. The molecule has 10 heteroatoms. The maximum Gasteiger partial charge on any atom is 0.306 e. The second kappa shape index (κ2) is 8.09. The number of rotatable bonds is 5. The van der Waals surface area contributed by atoms with E-state index in [2.05, 4.69) is 10.1 Å². The van der Waals surface area contributed by atoms with Gasteiger partial charge < -0.3 is 19.5 Å². The molecule has 3 aliphatic rings. The van der Waals surface area contributed by atoms with Crippen molar-refractivity contribution in [1.82, 2.24) is 14.8 Å². The predicted octanol–water partition coefficient (Wildman–Crippen LogP) is 0.579. The molecule has 2 aliphatic heterocycles. The second-order valence-electron chi connectivity index (χ2n) is 8.24. The molecule has 1 unspecified atom stereocenters. The van der Waals surface area contributed by atoms with E-state index in [1.54, 1.807) is 36.5 Å². The van der Waals surface area contributed by atoms with Gasteiger partial charge in [-0.05, 0) is 35.3 Å². The van der Waals surface area contributed by atoms with Gasteiger partial charge in [-0.15, -0.1) is 0 Å². The van der Waals surface area contributed by atoms with E-state index < -0.39 is 15.8 Å². The summed E-state index contributed by atoms with van der Waals surface area (Å²) in [5.41, 5.74) is 3.38. The average Bonchev–Trinajstić information content (AvgIpc) is 3.04. The molecule has 4 rings (SSSR count). The lowest BCUT2D eigenvalue weighted by Crippen LogP contribution is -2.41. The fourth-order valence-electron chi connectivity index (χ4n) is 4.49. The number of fused-ring (bicyclic) bond motifs is 2. The van der Waals surface area contributed by atoms with Crippen LogP contribution in [0.1, 0.15) is 30.4 Å². The number of ether oxygens (including phenoxy) is 1. The average molecular weight is 460 g/mol. The fraction of sp³-hybridized carbons (Fsp3) is 0.409. The monoisotopic (exact) mass is 459 g/mol. The van der Waals surface area contributed by atoms with Gasteiger partial charge in [0.2, 0.25) is 5.91 Å². The van der Waals surface area contributed by atoms with Crippen LogP contribution in [0.5, 0.6) is 0 Å². The molecule has 0 saturated heterocycles. The standard InChI is InChI=1S/C22H25N3O6S/c1-24-9-7-15-14(12-32(3,29)30)10-13-11-25(17(26)4-5-18(27)31-2)16-6-8-23-21(19(13)16)20(15)22(24)28/h7,9-11,16,23H,4-6,8,12H2,1-3H3. The molecule has 0 spiro atoms. The second-order valence-corrected chi connectivity index (χ2v) is 10.4. The highest BCUT2D eigenvalue weighted by Gasteiger charge is 2.40. The van der Waals surface area contributed by atoms with E-state index in [0.29, 0.717) is 40.9 Å². The molecule has 170 valence electrons. The van der Waals surface area contributed by atoms with E-state index in [1.807, 2.05) is 0 Å². The highest BCUT2D eigenvalue weighted by Crippen LogP contribution is 2.42. The highest BCUT2D eigenvalue weighted by molar-refractivity contribution is 7.91. The number of nitrogens with zero attached hydrogens (tertiary/aromatic N) is 2. The summed E-state index contributed by atoms with van der Waals surface area (Å²) in [6.07, 6.45) is 6.84. The zero-order valence-corrected chi connectivity index (χ0v) is 19.0. The maximum atomic E-state index is 13.2. The SMILES string of the molecule is COC(=O)CCC(=O)N1C=C2C=C(CS(C)(=O)=O)c3ccn(C)c(=O)c3C3=C2C1CCN3. The van der Waals surface area contributed by atoms with Crippen molar-refractivity contribution in [2.45, 2.75) is 25.3 Å². The number of hydrogen-bond acceptors (Lipinski definition) is 7. The Kier molecular flexibility index (Phi) is 5.58. The van der Waals surface area contributed by atoms with E-state index in [0.717, 1.165) is 11.8 Å². The van der Waals surface area contributed by atoms with Gasteiger partial charge in [-0.3, -0.25) is 14.4 Å². The molecular weight excluding hydrogens is 434 g/mol. The van der Waals surface area contributed by atoms with Crippen LogP contribution in [0.4, 0.5) is 0 Å². The smallest absolute Gasteiger partial charge is 0.306 e. The molecule has 1 N–H and O–H groups in total. The van der Waals surface area contributed by atoms with E-state index in [9.17, 15) is 22.8 Å². The van der Waals surface area contributed by atoms with Crippen molar-refractivity contribution in [3.05, 3.63) is 57.2 Å². The normalized spacial score (nSPS) is 19.3. The van der Waals surface area contributed by atoms with Crippen LogP contribution < -0.4 is 10.9 Å². The molecule has 9 nitrogen and oxygen atoms in total. The third-order valence-electron chi connectivity index (χ3n) is 5.92. The predicted molar refractivity (Wildman–Crippen MR) is 119 cm³/mol. The Labute approximate surface area is 186 Å². The third kappa shape index (κ3) is 3.90. The molecule has 0 aromatic carbocycles. The van der Waals surface area contributed by atoms with E-state index in [4.69, 9.17) is 0 Å². The van der Waals surface area contributed by atoms with Crippen molar-refractivity contribution in [3.8, 4) is 0 Å². The first kappa shape index (κ1) is 22.1. The van der Waals surface area contributed by atoms with E-state index in [-0.39, 0.29) is 36.1 Å². The van der Waals surface area contributed by atoms with Crippen LogP contribution in [0.2, 0.25) is 0 Å². The Bertz CT molecular complexity index is 1270. The fourth-order valence-corrected chi connectivity index (χ4v) is 5.30. The number of carbonyl (C=O) groups excluding carboxylic acids is 2. The lowest BCUT2D eigenvalue weighted by Gasteiger charge is -2.31. The molecule has 1 amide bonds. The van der Waals surface area contributed by atoms with Gasteiger partial charge in [-0.2, -0.15) is 0 Å². The Morgan fingerprint density at radius 1 is 1.28 bits per heavy atom. The Morgan fingerprint density at radius 3 is 2.72 bits per heavy atom. The largest absolute Gasteiger partial charge is 0.469 e. The number of esters is 1. The Balaban J connectivity index is 1.87. The molecule has 0 fully saturated rings. The lowest BCUT2D eigenvalue weighted by atomic mass is 9.92. The first-order chi connectivity index (χ1) is 15.1. The van der Waals surface area contributed by atoms with E-state index >= 15 is 0 Å². The summed E-state index contributed by atoms with van der Waals surface area (Å²) in [6, 6.07) is 1.46. The molecule has 1 aromatic heterocycles. The van der Waals surface area contributed by atoms with Gasteiger partial charge in [-0.25, -0.2) is 8.42 Å². The number of nitrogens with one attached hydrogen (secondary N) is 1. The van der Waals surface area contributed by atoms with Crippen molar-refractivity contribution >= 4 is 33.0 Å². The van der Waals surface area contributed by atoms with Crippen LogP contribution in [0, 0.1) is 0 Å². The summed E-state index contributed by atoms with van der Waals surface area (Å²) in [6.45, 7) is 0.546. The first-order valence-electron chi connectivity index (χ1n) is 10.3. The molecule has 32 heavy (non-hydrogen) atoms. The third-order valence-corrected chi connectivity index (χ3v) is 6.75. The van der Waals surface area contributed by atoms with Crippen LogP contribution in [-0.2, 0) is 31.2 Å². The Hall–Kier alpha value is -3.14. The summed E-state index contributed by atoms with van der Waals surface area (Å²) in [5.74, 6) is -0.919. The van der Waals surface area contributed by atoms with Gasteiger partial charge in [0.05, 0.1) is 36.6 Å². The van der Waals surface area contributed by atoms with Gasteiger partial charge in [0, 0.05) is 44.2 Å². The minimum atomic E-state index is -3.38. The van der Waals surface area contributed by atoms with Crippen LogP contribution >= 0.6 is 0 Å². The number of sulfone groups is 1.